The molecule has 5 rings (SSSR count). The Hall–Kier alpha value is -4.26. The molecular weight excluding hydrogens is 405 g/mol. The van der Waals surface area contributed by atoms with Gasteiger partial charge in [0.05, 0.1) is 5.56 Å². The van der Waals surface area contributed by atoms with E-state index in [1.165, 1.54) is 23.8 Å². The van der Waals surface area contributed by atoms with Crippen LogP contribution in [0.4, 0.5) is 16.3 Å². The van der Waals surface area contributed by atoms with E-state index < -0.39 is 11.7 Å². The van der Waals surface area contributed by atoms with E-state index in [9.17, 15) is 9.18 Å². The van der Waals surface area contributed by atoms with Gasteiger partial charge in [0, 0.05) is 5.70 Å². The molecule has 1 aliphatic rings. The molecule has 2 N–H and O–H groups in total. The minimum Gasteiger partial charge on any atom is -0.324 e. The Morgan fingerprint density at radius 1 is 1.00 bits per heavy atom. The van der Waals surface area contributed by atoms with Crippen molar-refractivity contribution in [3.05, 3.63) is 113 Å². The highest BCUT2D eigenvalue weighted by molar-refractivity contribution is 6.03. The van der Waals surface area contributed by atoms with Gasteiger partial charge in [0.25, 0.3) is 11.9 Å². The molecule has 0 saturated heterocycles. The maximum atomic E-state index is 14.0. The highest BCUT2D eigenvalue weighted by Crippen LogP contribution is 2.33. The number of hydrogen-bond donors (Lipinski definition) is 2. The van der Waals surface area contributed by atoms with Gasteiger partial charge in [0.15, 0.2) is 0 Å². The van der Waals surface area contributed by atoms with Gasteiger partial charge in [-0.3, -0.25) is 10.1 Å². The molecule has 1 aliphatic heterocycles. The highest BCUT2D eigenvalue weighted by Gasteiger charge is 2.26. The van der Waals surface area contributed by atoms with E-state index in [-0.39, 0.29) is 17.6 Å². The minimum absolute atomic E-state index is 0.0636. The van der Waals surface area contributed by atoms with Gasteiger partial charge in [-0.25, -0.2) is 9.07 Å². The Labute approximate surface area is 184 Å². The lowest BCUT2D eigenvalue weighted by atomic mass is 10.0. The number of rotatable bonds is 4. The van der Waals surface area contributed by atoms with E-state index in [4.69, 9.17) is 0 Å². The number of carbonyl (C=O) groups is 1. The van der Waals surface area contributed by atoms with Crippen molar-refractivity contribution in [3.8, 4) is 0 Å². The Kier molecular flexibility index (Phi) is 4.99. The highest BCUT2D eigenvalue weighted by atomic mass is 19.1. The van der Waals surface area contributed by atoms with Crippen molar-refractivity contribution < 1.29 is 9.18 Å². The van der Waals surface area contributed by atoms with Crippen LogP contribution in [0.25, 0.3) is 5.70 Å². The molecule has 0 aliphatic carbocycles. The first-order chi connectivity index (χ1) is 15.6. The van der Waals surface area contributed by atoms with Gasteiger partial charge in [0.1, 0.15) is 11.9 Å². The molecule has 6 nitrogen and oxygen atoms in total. The van der Waals surface area contributed by atoms with Crippen molar-refractivity contribution >= 4 is 23.5 Å². The SMILES string of the molecule is Cc1ccc(C2=C[C@H](c3ccccc3)n3nc(NC(=O)c4ccccc4F)nc3N2)cc1. The van der Waals surface area contributed by atoms with Crippen LogP contribution in [-0.2, 0) is 0 Å². The molecule has 0 bridgehead atoms. The predicted octanol–water partition coefficient (Wildman–Crippen LogP) is 5.03. The number of hydrogen-bond acceptors (Lipinski definition) is 4. The van der Waals surface area contributed by atoms with Gasteiger partial charge in [-0.05, 0) is 36.3 Å². The standard InChI is InChI=1S/C25H20FN5O/c1-16-11-13-17(14-12-16)21-15-22(18-7-3-2-4-8-18)31-25(27-21)29-24(30-31)28-23(32)19-9-5-6-10-20(19)26/h2-15,22H,1H3,(H2,27,28,29,30,32)/t22-/m1/s1. The van der Waals surface area contributed by atoms with Crippen molar-refractivity contribution in [2.45, 2.75) is 13.0 Å². The maximum absolute atomic E-state index is 14.0. The molecule has 2 heterocycles. The molecule has 1 amide bonds. The van der Waals surface area contributed by atoms with Gasteiger partial charge >= 0.3 is 0 Å². The Morgan fingerprint density at radius 3 is 2.47 bits per heavy atom. The van der Waals surface area contributed by atoms with E-state index in [1.807, 2.05) is 49.4 Å². The minimum atomic E-state index is -0.603. The fourth-order valence-corrected chi connectivity index (χ4v) is 3.65. The Bertz CT molecular complexity index is 1310. The number of aromatic nitrogens is 3. The molecular formula is C25H20FN5O. The number of fused-ring (bicyclic) bond motifs is 1. The Balaban J connectivity index is 1.51. The van der Waals surface area contributed by atoms with E-state index in [0.717, 1.165) is 16.8 Å². The van der Waals surface area contributed by atoms with E-state index >= 15 is 0 Å². The van der Waals surface area contributed by atoms with E-state index in [1.54, 1.807) is 10.7 Å². The van der Waals surface area contributed by atoms with Crippen LogP contribution in [0.1, 0.15) is 33.1 Å². The Morgan fingerprint density at radius 2 is 1.72 bits per heavy atom. The first-order valence-corrected chi connectivity index (χ1v) is 10.2. The third-order valence-electron chi connectivity index (χ3n) is 5.31. The fourth-order valence-electron chi connectivity index (χ4n) is 3.65. The third-order valence-corrected chi connectivity index (χ3v) is 5.31. The molecule has 158 valence electrons. The van der Waals surface area contributed by atoms with Crippen molar-refractivity contribution in [2.24, 2.45) is 0 Å². The first-order valence-electron chi connectivity index (χ1n) is 10.2. The molecule has 0 saturated carbocycles. The smallest absolute Gasteiger partial charge is 0.261 e. The summed E-state index contributed by atoms with van der Waals surface area (Å²) in [5.74, 6) is -0.618. The maximum Gasteiger partial charge on any atom is 0.261 e. The van der Waals surface area contributed by atoms with E-state index in [0.29, 0.717) is 5.95 Å². The number of anilines is 2. The summed E-state index contributed by atoms with van der Waals surface area (Å²) >= 11 is 0. The van der Waals surface area contributed by atoms with Crippen LogP contribution in [0.15, 0.2) is 84.9 Å². The summed E-state index contributed by atoms with van der Waals surface area (Å²) in [7, 11) is 0. The van der Waals surface area contributed by atoms with Crippen LogP contribution >= 0.6 is 0 Å². The number of halogens is 1. The molecule has 1 aromatic heterocycles. The molecule has 0 spiro atoms. The molecule has 0 fully saturated rings. The van der Waals surface area contributed by atoms with Crippen LogP contribution in [0.2, 0.25) is 0 Å². The molecule has 0 radical (unpaired) electrons. The zero-order valence-electron chi connectivity index (χ0n) is 17.3. The van der Waals surface area contributed by atoms with Crippen LogP contribution < -0.4 is 10.6 Å². The van der Waals surface area contributed by atoms with Crippen molar-refractivity contribution in [1.82, 2.24) is 14.8 Å². The first kappa shape index (κ1) is 19.7. The van der Waals surface area contributed by atoms with Crippen molar-refractivity contribution in [3.63, 3.8) is 0 Å². The van der Waals surface area contributed by atoms with Crippen LogP contribution in [0.5, 0.6) is 0 Å². The second kappa shape index (κ2) is 8.11. The number of aryl methyl sites for hydroxylation is 1. The number of amides is 1. The second-order valence-electron chi connectivity index (χ2n) is 7.56. The molecule has 4 aromatic rings. The predicted molar refractivity (Wildman–Crippen MR) is 122 cm³/mol. The average Bonchev–Trinajstić information content (AvgIpc) is 3.22. The zero-order valence-corrected chi connectivity index (χ0v) is 17.3. The molecule has 0 unspecified atom stereocenters. The summed E-state index contributed by atoms with van der Waals surface area (Å²) < 4.78 is 15.7. The summed E-state index contributed by atoms with van der Waals surface area (Å²) in [6, 6.07) is 23.7. The van der Waals surface area contributed by atoms with Gasteiger partial charge < -0.3 is 5.32 Å². The number of nitrogens with zero attached hydrogens (tertiary/aromatic N) is 3. The molecule has 7 heteroatoms. The number of benzene rings is 3. The van der Waals surface area contributed by atoms with E-state index in [2.05, 4.69) is 38.9 Å². The summed E-state index contributed by atoms with van der Waals surface area (Å²) in [5, 5.41) is 10.4. The lowest BCUT2D eigenvalue weighted by Gasteiger charge is -2.24. The van der Waals surface area contributed by atoms with Crippen molar-refractivity contribution in [2.75, 3.05) is 10.6 Å². The second-order valence-corrected chi connectivity index (χ2v) is 7.56. The summed E-state index contributed by atoms with van der Waals surface area (Å²) in [4.78, 5) is 17.0. The van der Waals surface area contributed by atoms with Gasteiger partial charge in [-0.15, -0.1) is 5.10 Å². The van der Waals surface area contributed by atoms with Crippen molar-refractivity contribution in [1.29, 1.82) is 0 Å². The number of carbonyl (C=O) groups excluding carboxylic acids is 1. The topological polar surface area (TPSA) is 71.8 Å². The van der Waals surface area contributed by atoms with Crippen LogP contribution in [0.3, 0.4) is 0 Å². The average molecular weight is 425 g/mol. The van der Waals surface area contributed by atoms with Gasteiger partial charge in [-0.1, -0.05) is 72.3 Å². The van der Waals surface area contributed by atoms with Crippen LogP contribution in [-0.4, -0.2) is 20.7 Å². The molecule has 32 heavy (non-hydrogen) atoms. The lowest BCUT2D eigenvalue weighted by molar-refractivity contribution is 0.102. The zero-order chi connectivity index (χ0) is 22.1. The van der Waals surface area contributed by atoms with Gasteiger partial charge in [0.2, 0.25) is 5.95 Å². The number of nitrogens with one attached hydrogen (secondary N) is 2. The third kappa shape index (κ3) is 3.76. The number of allylic oxidation sites excluding steroid dienone is 1. The molecule has 1 atom stereocenters. The molecule has 3 aromatic carbocycles. The largest absolute Gasteiger partial charge is 0.324 e. The summed E-state index contributed by atoms with van der Waals surface area (Å²) in [6.07, 6.45) is 2.07. The summed E-state index contributed by atoms with van der Waals surface area (Å²) in [6.45, 7) is 2.04. The summed E-state index contributed by atoms with van der Waals surface area (Å²) in [5.41, 5.74) is 4.04. The fraction of sp³-hybridized carbons (Fsp3) is 0.0800. The quantitative estimate of drug-likeness (QED) is 0.481. The normalized spacial score (nSPS) is 14.8. The van der Waals surface area contributed by atoms with Crippen LogP contribution in [0, 0.1) is 12.7 Å². The monoisotopic (exact) mass is 425 g/mol. The van der Waals surface area contributed by atoms with Gasteiger partial charge in [-0.2, -0.15) is 4.98 Å². The lowest BCUT2D eigenvalue weighted by Crippen LogP contribution is -2.20.